The average Bonchev–Trinajstić information content (AvgIpc) is 2.88. The fourth-order valence-electron chi connectivity index (χ4n) is 2.02. The molecule has 134 valence electrons. The number of aromatic nitrogens is 3. The van der Waals surface area contributed by atoms with Crippen LogP contribution in [0.3, 0.4) is 0 Å². The van der Waals surface area contributed by atoms with Gasteiger partial charge in [-0.25, -0.2) is 4.68 Å². The number of amides is 1. The van der Waals surface area contributed by atoms with Crippen molar-refractivity contribution in [2.75, 3.05) is 11.2 Å². The van der Waals surface area contributed by atoms with E-state index in [4.69, 9.17) is 5.84 Å². The van der Waals surface area contributed by atoms with Gasteiger partial charge in [0.05, 0.1) is 10.2 Å². The van der Waals surface area contributed by atoms with E-state index in [-0.39, 0.29) is 17.0 Å². The Bertz CT molecular complexity index is 799. The van der Waals surface area contributed by atoms with E-state index < -0.39 is 10.2 Å². The predicted octanol–water partition coefficient (Wildman–Crippen LogP) is 2.32. The number of thioether (sulfide) groups is 1. The molecule has 0 saturated carbocycles. The van der Waals surface area contributed by atoms with Gasteiger partial charge in [-0.2, -0.15) is 0 Å². The zero-order valence-electron chi connectivity index (χ0n) is 14.4. The van der Waals surface area contributed by atoms with Crippen molar-refractivity contribution >= 4 is 29.0 Å². The topological polar surface area (TPSA) is 129 Å². The molecule has 10 heteroatoms. The number of nitro groups is 1. The molecule has 2 rings (SSSR count). The Balaban J connectivity index is 2.07. The summed E-state index contributed by atoms with van der Waals surface area (Å²) in [7, 11) is 0. The molecule has 0 spiro atoms. The molecule has 0 radical (unpaired) electrons. The van der Waals surface area contributed by atoms with Crippen LogP contribution in [-0.4, -0.2) is 31.0 Å². The standard InChI is InChI=1S/C15H20N6O3S/c1-9(25-14-19-18-13(20(14)16)15(2,3)4)12(22)17-10-6-5-7-11(8-10)21(23)24/h5-9H,16H2,1-4H3,(H,17,22). The Morgan fingerprint density at radius 3 is 2.64 bits per heavy atom. The average molecular weight is 364 g/mol. The number of benzene rings is 1. The Hall–Kier alpha value is -2.62. The zero-order chi connectivity index (χ0) is 18.8. The number of anilines is 1. The first-order chi connectivity index (χ1) is 11.6. The van der Waals surface area contributed by atoms with Gasteiger partial charge >= 0.3 is 0 Å². The number of non-ortho nitro benzene ring substituents is 1. The van der Waals surface area contributed by atoms with Crippen LogP contribution in [0.2, 0.25) is 0 Å². The second-order valence-corrected chi connectivity index (χ2v) is 7.79. The summed E-state index contributed by atoms with van der Waals surface area (Å²) in [5.41, 5.74) is 0.000507. The summed E-state index contributed by atoms with van der Waals surface area (Å²) in [6.07, 6.45) is 0. The van der Waals surface area contributed by atoms with Crippen molar-refractivity contribution in [1.82, 2.24) is 14.9 Å². The van der Waals surface area contributed by atoms with Crippen molar-refractivity contribution in [1.29, 1.82) is 0 Å². The Kier molecular flexibility index (Phi) is 5.31. The zero-order valence-corrected chi connectivity index (χ0v) is 15.2. The van der Waals surface area contributed by atoms with Gasteiger partial charge in [-0.1, -0.05) is 38.6 Å². The molecule has 0 bridgehead atoms. The minimum Gasteiger partial charge on any atom is -0.336 e. The van der Waals surface area contributed by atoms with Crippen LogP contribution in [0.5, 0.6) is 0 Å². The molecular formula is C15H20N6O3S. The highest BCUT2D eigenvalue weighted by atomic mass is 32.2. The van der Waals surface area contributed by atoms with Crippen molar-refractivity contribution in [2.24, 2.45) is 0 Å². The Morgan fingerprint density at radius 2 is 2.08 bits per heavy atom. The summed E-state index contributed by atoms with van der Waals surface area (Å²) in [6, 6.07) is 5.76. The number of nitrogens with zero attached hydrogens (tertiary/aromatic N) is 4. The second-order valence-electron chi connectivity index (χ2n) is 6.48. The second kappa shape index (κ2) is 7.09. The number of nitrogen functional groups attached to an aromatic ring is 1. The molecule has 25 heavy (non-hydrogen) atoms. The van der Waals surface area contributed by atoms with Crippen LogP contribution in [0.15, 0.2) is 29.4 Å². The van der Waals surface area contributed by atoms with E-state index in [1.54, 1.807) is 13.0 Å². The molecule has 1 unspecified atom stereocenters. The van der Waals surface area contributed by atoms with Crippen molar-refractivity contribution < 1.29 is 9.72 Å². The smallest absolute Gasteiger partial charge is 0.271 e. The van der Waals surface area contributed by atoms with Crippen LogP contribution in [0, 0.1) is 10.1 Å². The summed E-state index contributed by atoms with van der Waals surface area (Å²) < 4.78 is 1.38. The predicted molar refractivity (Wildman–Crippen MR) is 95.9 cm³/mol. The number of hydrogen-bond acceptors (Lipinski definition) is 7. The van der Waals surface area contributed by atoms with Crippen molar-refractivity contribution in [2.45, 2.75) is 43.5 Å². The van der Waals surface area contributed by atoms with E-state index in [1.165, 1.54) is 22.9 Å². The minimum absolute atomic E-state index is 0.0883. The quantitative estimate of drug-likeness (QED) is 0.360. The van der Waals surface area contributed by atoms with E-state index in [0.717, 1.165) is 11.8 Å². The molecule has 1 aromatic carbocycles. The van der Waals surface area contributed by atoms with E-state index >= 15 is 0 Å². The van der Waals surface area contributed by atoms with E-state index in [0.29, 0.717) is 16.7 Å². The SMILES string of the molecule is CC(Sc1nnc(C(C)(C)C)n1N)C(=O)Nc1cccc([N+](=O)[O-])c1. The maximum Gasteiger partial charge on any atom is 0.271 e. The Labute approximate surface area is 149 Å². The fourth-order valence-corrected chi connectivity index (χ4v) is 2.79. The number of carbonyl (C=O) groups is 1. The lowest BCUT2D eigenvalue weighted by Gasteiger charge is -2.17. The van der Waals surface area contributed by atoms with Crippen molar-refractivity contribution in [3.63, 3.8) is 0 Å². The number of carbonyl (C=O) groups excluding carboxylic acids is 1. The molecule has 0 aliphatic heterocycles. The minimum atomic E-state index is -0.515. The normalized spacial score (nSPS) is 12.6. The summed E-state index contributed by atoms with van der Waals surface area (Å²) in [4.78, 5) is 22.6. The van der Waals surface area contributed by atoms with Gasteiger partial charge in [0.25, 0.3) is 5.69 Å². The lowest BCUT2D eigenvalue weighted by molar-refractivity contribution is -0.384. The molecule has 3 N–H and O–H groups in total. The highest BCUT2D eigenvalue weighted by Gasteiger charge is 2.25. The van der Waals surface area contributed by atoms with Gasteiger partial charge in [-0.15, -0.1) is 10.2 Å². The molecule has 1 amide bonds. The number of nitro benzene ring substituents is 1. The molecule has 1 heterocycles. The van der Waals surface area contributed by atoms with Crippen molar-refractivity contribution in [3.8, 4) is 0 Å². The van der Waals surface area contributed by atoms with Gasteiger partial charge in [0, 0.05) is 23.2 Å². The highest BCUT2D eigenvalue weighted by molar-refractivity contribution is 8.00. The third-order valence-corrected chi connectivity index (χ3v) is 4.37. The van der Waals surface area contributed by atoms with E-state index in [9.17, 15) is 14.9 Å². The lowest BCUT2D eigenvalue weighted by Crippen LogP contribution is -2.26. The number of nitrogens with two attached hydrogens (primary N) is 1. The molecule has 0 aliphatic rings. The van der Waals surface area contributed by atoms with Gasteiger partial charge in [0.2, 0.25) is 11.1 Å². The van der Waals surface area contributed by atoms with Gasteiger partial charge in [0.15, 0.2) is 5.82 Å². The summed E-state index contributed by atoms with van der Waals surface area (Å²) in [6.45, 7) is 7.59. The summed E-state index contributed by atoms with van der Waals surface area (Å²) in [5.74, 6) is 6.31. The van der Waals surface area contributed by atoms with Crippen LogP contribution in [0.1, 0.15) is 33.5 Å². The molecule has 0 aliphatic carbocycles. The first-order valence-electron chi connectivity index (χ1n) is 7.52. The molecule has 2 aromatic rings. The van der Waals surface area contributed by atoms with Crippen molar-refractivity contribution in [3.05, 3.63) is 40.2 Å². The molecule has 9 nitrogen and oxygen atoms in total. The van der Waals surface area contributed by atoms with Crippen LogP contribution < -0.4 is 11.2 Å². The third kappa shape index (κ3) is 4.47. The van der Waals surface area contributed by atoms with Gasteiger partial charge in [-0.05, 0) is 13.0 Å². The number of rotatable bonds is 5. The highest BCUT2D eigenvalue weighted by Crippen LogP contribution is 2.26. The van der Waals surface area contributed by atoms with Crippen LogP contribution in [0.4, 0.5) is 11.4 Å². The van der Waals surface area contributed by atoms with Crippen LogP contribution in [0.25, 0.3) is 0 Å². The molecule has 1 atom stereocenters. The monoisotopic (exact) mass is 364 g/mol. The van der Waals surface area contributed by atoms with E-state index in [1.807, 2.05) is 20.8 Å². The largest absolute Gasteiger partial charge is 0.336 e. The van der Waals surface area contributed by atoms with Gasteiger partial charge < -0.3 is 11.2 Å². The first kappa shape index (κ1) is 18.7. The maximum atomic E-state index is 12.3. The summed E-state index contributed by atoms with van der Waals surface area (Å²) in [5, 5.41) is 21.5. The van der Waals surface area contributed by atoms with Crippen LogP contribution in [-0.2, 0) is 10.2 Å². The van der Waals surface area contributed by atoms with Gasteiger partial charge in [0.1, 0.15) is 0 Å². The first-order valence-corrected chi connectivity index (χ1v) is 8.40. The van der Waals surface area contributed by atoms with Crippen LogP contribution >= 0.6 is 11.8 Å². The molecule has 0 fully saturated rings. The molecule has 0 saturated heterocycles. The fraction of sp³-hybridized carbons (Fsp3) is 0.400. The number of hydrogen-bond donors (Lipinski definition) is 2. The molecule has 1 aromatic heterocycles. The Morgan fingerprint density at radius 1 is 1.40 bits per heavy atom. The van der Waals surface area contributed by atoms with E-state index in [2.05, 4.69) is 15.5 Å². The summed E-state index contributed by atoms with van der Waals surface area (Å²) >= 11 is 1.16. The number of nitrogens with one attached hydrogen (secondary N) is 1. The molecular weight excluding hydrogens is 344 g/mol. The third-order valence-electron chi connectivity index (χ3n) is 3.31. The maximum absolute atomic E-state index is 12.3. The lowest BCUT2D eigenvalue weighted by atomic mass is 9.96. The van der Waals surface area contributed by atoms with Gasteiger partial charge in [-0.3, -0.25) is 14.9 Å².